The molecule has 0 atom stereocenters. The Labute approximate surface area is 859 Å². The fraction of sp³-hybridized carbons (Fsp3) is 0.256. The van der Waals surface area contributed by atoms with E-state index < -0.39 is 11.6 Å². The third-order valence-electron chi connectivity index (χ3n) is 28.4. The second kappa shape index (κ2) is 45.9. The standard InChI is InChI=1S/C30H28F2N6O.C30H29FN6O.C29H27FN6O.C28H27N7/c1-39-12-11-37-9-6-24(7-10-37)38-19-22(18-35-38)20-13-21(17-33-16-20)26-15-29(27-14-23(31)4-5-28(27)32)36-30-25(26)3-2-8-34-30;1-38-14-13-36-11-8-24(9-12-36)37-20-23(19-34-37)21-15-22(18-32-17-21)27-16-29(26-5-2-3-7-28(26)31)35-30-25(27)6-4-10-33-30;30-27-6-2-1-4-25(27)28-15-26(24-5-3-9-32-29(24)34-28)21-14-20(16-31-17-21)22-18-33-36(19-22)23-7-10-35(11-8-23)12-13-37;1-19-5-3-7-26(32-19)27-14-25(24-6-4-10-30-28(24)33-27)21-13-20(15-29-16-21)22-17-31-35(18-22)23-8-11-34(2)12-9-23/h2-5,8,13-19,24H,6-7,9-12H2,1H3;2-7,10,15-20,24H,8-9,11-14H2,1H3;1-6,9,14-19,23,37H,7-8,10-13H2;3-7,10,13-18,23H,8-9,11-12H2,1-2H3. The Kier molecular flexibility index (Phi) is 30.5. The topological polar surface area (TPSA) is 290 Å². The minimum absolute atomic E-state index is 0.0856. The van der Waals surface area contributed by atoms with Crippen LogP contribution in [0.4, 0.5) is 17.6 Å². The molecule has 4 saturated heterocycles. The van der Waals surface area contributed by atoms with Crippen LogP contribution in [0.25, 0.3) is 178 Å². The highest BCUT2D eigenvalue weighted by Gasteiger charge is 2.29. The largest absolute Gasteiger partial charge is 0.395 e. The highest BCUT2D eigenvalue weighted by Crippen LogP contribution is 2.42. The first-order valence-corrected chi connectivity index (χ1v) is 50.5. The first-order valence-electron chi connectivity index (χ1n) is 50.5. The van der Waals surface area contributed by atoms with E-state index in [4.69, 9.17) is 24.7 Å². The van der Waals surface area contributed by atoms with Crippen LogP contribution in [0.5, 0.6) is 0 Å². The van der Waals surface area contributed by atoms with Gasteiger partial charge >= 0.3 is 0 Å². The lowest BCUT2D eigenvalue weighted by atomic mass is 9.99. The molecule has 0 bridgehead atoms. The van der Waals surface area contributed by atoms with Gasteiger partial charge in [-0.15, -0.1) is 0 Å². The normalized spacial score (nSPS) is 14.9. The van der Waals surface area contributed by atoms with Crippen LogP contribution in [-0.4, -0.2) is 242 Å². The van der Waals surface area contributed by atoms with E-state index in [0.29, 0.717) is 75.0 Å². The molecule has 17 aromatic heterocycles. The van der Waals surface area contributed by atoms with Gasteiger partial charge in [0.25, 0.3) is 0 Å². The summed E-state index contributed by atoms with van der Waals surface area (Å²) in [6.45, 7) is 14.7. The van der Waals surface area contributed by atoms with Crippen LogP contribution < -0.4 is 0 Å². The first-order chi connectivity index (χ1) is 73.1. The van der Waals surface area contributed by atoms with E-state index in [1.165, 1.54) is 12.1 Å². The molecule has 24 rings (SSSR count). The fourth-order valence-corrected chi connectivity index (χ4v) is 20.2. The summed E-state index contributed by atoms with van der Waals surface area (Å²) in [6, 6.07) is 55.8. The van der Waals surface area contributed by atoms with Gasteiger partial charge in [0.15, 0.2) is 22.6 Å². The van der Waals surface area contributed by atoms with E-state index in [-0.39, 0.29) is 23.8 Å². The van der Waals surface area contributed by atoms with E-state index in [1.54, 1.807) is 81.6 Å². The fourth-order valence-electron chi connectivity index (χ4n) is 20.2. The molecule has 149 heavy (non-hydrogen) atoms. The van der Waals surface area contributed by atoms with Crippen LogP contribution in [0.1, 0.15) is 81.2 Å². The zero-order valence-electron chi connectivity index (χ0n) is 83.2. The predicted molar refractivity (Wildman–Crippen MR) is 571 cm³/mol. The number of β-amino-alcohol motifs (C(OH)–C–C–N with tert-alkyl or cyclic N) is 1. The maximum absolute atomic E-state index is 14.7. The number of aryl methyl sites for hydroxylation is 1. The molecule has 20 aromatic rings. The van der Waals surface area contributed by atoms with Crippen LogP contribution >= 0.6 is 0 Å². The summed E-state index contributed by atoms with van der Waals surface area (Å²) < 4.78 is 76.7. The Morgan fingerprint density at radius 2 is 0.617 bits per heavy atom. The predicted octanol–water partition coefficient (Wildman–Crippen LogP) is 21.6. The second-order valence-corrected chi connectivity index (χ2v) is 38.1. The number of aliphatic hydroxyl groups is 1. The van der Waals surface area contributed by atoms with Crippen molar-refractivity contribution >= 4 is 44.1 Å². The average molecular weight is 1990 g/mol. The van der Waals surface area contributed by atoms with Crippen molar-refractivity contribution < 1.29 is 32.1 Å². The maximum atomic E-state index is 14.7. The molecule has 3 aromatic carbocycles. The van der Waals surface area contributed by atoms with Gasteiger partial charge in [-0.25, -0.2) is 57.4 Å². The monoisotopic (exact) mass is 1990 g/mol. The van der Waals surface area contributed by atoms with Gasteiger partial charge in [-0.3, -0.25) is 43.6 Å². The number of ether oxygens (including phenoxy) is 2. The van der Waals surface area contributed by atoms with Crippen molar-refractivity contribution in [3.63, 3.8) is 0 Å². The highest BCUT2D eigenvalue weighted by atomic mass is 19.1. The molecule has 32 heteroatoms. The summed E-state index contributed by atoms with van der Waals surface area (Å²) in [7, 11) is 5.66. The summed E-state index contributed by atoms with van der Waals surface area (Å²) in [5.74, 6) is -1.71. The SMILES string of the molecule is COCCN1CCC(n2cc(-c3cncc(-c4cc(-c5cc(F)ccc5F)nc5ncccc45)c3)cn2)CC1.COCCN1CCC(n2cc(-c3cncc(-c4cc(-c5ccccc5F)nc5ncccc45)c3)cn2)CC1.Cc1cccc(-c2cc(-c3cncc(-c4cnn(C5CCN(C)CC5)c4)c3)c3cccnc3n2)n1.OCCN1CCC(n2cc(-c3cncc(-c4cc(-c5ccccc5F)nc5ncccc45)c3)cn2)CC1. The molecule has 0 radical (unpaired) electrons. The van der Waals surface area contributed by atoms with E-state index >= 15 is 0 Å². The Morgan fingerprint density at radius 3 is 0.966 bits per heavy atom. The molecule has 4 aliphatic rings. The van der Waals surface area contributed by atoms with Gasteiger partial charge in [-0.05, 0) is 252 Å². The molecule has 4 aliphatic heterocycles. The number of pyridine rings is 13. The lowest BCUT2D eigenvalue weighted by molar-refractivity contribution is 0.119. The van der Waals surface area contributed by atoms with E-state index in [1.807, 2.05) is 160 Å². The summed E-state index contributed by atoms with van der Waals surface area (Å²) in [6.07, 6.45) is 46.1. The van der Waals surface area contributed by atoms with Crippen LogP contribution in [0.2, 0.25) is 0 Å². The highest BCUT2D eigenvalue weighted by molar-refractivity contribution is 5.99. The smallest absolute Gasteiger partial charge is 0.160 e. The Hall–Kier alpha value is -16.1. The summed E-state index contributed by atoms with van der Waals surface area (Å²) in [5.41, 5.74) is 22.5. The van der Waals surface area contributed by atoms with Crippen molar-refractivity contribution in [2.45, 2.75) is 82.5 Å². The van der Waals surface area contributed by atoms with Gasteiger partial charge in [0.05, 0.1) is 97.2 Å². The minimum Gasteiger partial charge on any atom is -0.395 e. The Morgan fingerprint density at radius 1 is 0.295 bits per heavy atom. The van der Waals surface area contributed by atoms with Gasteiger partial charge in [-0.1, -0.05) is 30.3 Å². The van der Waals surface area contributed by atoms with Gasteiger partial charge in [-0.2, -0.15) is 20.4 Å². The van der Waals surface area contributed by atoms with Crippen molar-refractivity contribution in [1.82, 2.24) is 124 Å². The Balaban J connectivity index is 0.000000116. The number of benzene rings is 3. The van der Waals surface area contributed by atoms with Crippen LogP contribution in [0.15, 0.2) is 306 Å². The van der Waals surface area contributed by atoms with Crippen LogP contribution in [0, 0.1) is 30.2 Å². The molecule has 28 nitrogen and oxygen atoms in total. The average Bonchev–Trinajstić information content (AvgIpc) is 1.61. The van der Waals surface area contributed by atoms with Crippen LogP contribution in [0.3, 0.4) is 0 Å². The Bertz CT molecular complexity index is 8090. The number of aromatic nitrogens is 21. The number of nitrogens with zero attached hydrogens (tertiary/aromatic N) is 25. The molecule has 0 saturated carbocycles. The minimum atomic E-state index is -0.547. The molecular formula is C117H111F4N25O3. The lowest BCUT2D eigenvalue weighted by Gasteiger charge is -2.31. The quantitative estimate of drug-likeness (QED) is 0.0550. The molecule has 1 N–H and O–H groups in total. The van der Waals surface area contributed by atoms with E-state index in [9.17, 15) is 22.7 Å². The van der Waals surface area contributed by atoms with Crippen molar-refractivity contribution in [3.8, 4) is 134 Å². The number of rotatable bonds is 24. The number of halogens is 4. The number of likely N-dealkylation sites (tertiary alicyclic amines) is 4. The number of hydrogen-bond acceptors (Lipinski definition) is 24. The molecular weight excluding hydrogens is 1880 g/mol. The number of fused-ring (bicyclic) bond motifs is 4. The van der Waals surface area contributed by atoms with Crippen molar-refractivity contribution in [3.05, 3.63) is 335 Å². The first kappa shape index (κ1) is 98.9. The molecule has 21 heterocycles. The number of aliphatic hydroxyl groups excluding tert-OH is 1. The van der Waals surface area contributed by atoms with Crippen molar-refractivity contribution in [2.24, 2.45) is 0 Å². The number of methoxy groups -OCH3 is 2. The van der Waals surface area contributed by atoms with Gasteiger partial charge < -0.3 is 34.2 Å². The number of piperidine rings is 4. The third kappa shape index (κ3) is 22.9. The molecule has 4 fully saturated rings. The lowest BCUT2D eigenvalue weighted by Crippen LogP contribution is -2.36. The third-order valence-corrected chi connectivity index (χ3v) is 28.4. The zero-order valence-corrected chi connectivity index (χ0v) is 83.2. The summed E-state index contributed by atoms with van der Waals surface area (Å²) in [5, 5.41) is 31.5. The van der Waals surface area contributed by atoms with Gasteiger partial charge in [0.2, 0.25) is 0 Å². The molecule has 0 unspecified atom stereocenters. The van der Waals surface area contributed by atoms with Crippen LogP contribution in [-0.2, 0) is 9.47 Å². The van der Waals surface area contributed by atoms with Crippen molar-refractivity contribution in [2.75, 3.05) is 113 Å². The van der Waals surface area contributed by atoms with Gasteiger partial charge in [0.1, 0.15) is 23.3 Å². The zero-order chi connectivity index (χ0) is 102. The molecule has 0 aliphatic carbocycles. The van der Waals surface area contributed by atoms with E-state index in [0.717, 1.165) is 282 Å². The summed E-state index contributed by atoms with van der Waals surface area (Å²) in [4.78, 5) is 68.9. The van der Waals surface area contributed by atoms with Gasteiger partial charge in [0, 0.05) is 283 Å². The molecule has 750 valence electrons. The maximum Gasteiger partial charge on any atom is 0.160 e. The summed E-state index contributed by atoms with van der Waals surface area (Å²) >= 11 is 0. The van der Waals surface area contributed by atoms with E-state index in [2.05, 4.69) is 170 Å². The molecule has 0 spiro atoms. The van der Waals surface area contributed by atoms with Crippen molar-refractivity contribution in [1.29, 1.82) is 0 Å². The number of hydrogen-bond donors (Lipinski definition) is 1. The second-order valence-electron chi connectivity index (χ2n) is 38.1. The molecule has 0 amide bonds.